The monoisotopic (exact) mass is 308 g/mol. The fourth-order valence-corrected chi connectivity index (χ4v) is 4.03. The van der Waals surface area contributed by atoms with Crippen molar-refractivity contribution in [3.8, 4) is 0 Å². The van der Waals surface area contributed by atoms with Gasteiger partial charge in [0.2, 0.25) is 0 Å². The van der Waals surface area contributed by atoms with E-state index in [4.69, 9.17) is 4.74 Å². The molecule has 0 aromatic heterocycles. The maximum absolute atomic E-state index is 12.5. The predicted molar refractivity (Wildman–Crippen MR) is 87.8 cm³/mol. The third kappa shape index (κ3) is 3.18. The van der Waals surface area contributed by atoms with Gasteiger partial charge in [0.05, 0.1) is 5.60 Å². The smallest absolute Gasteiger partial charge is 0.254 e. The number of amides is 1. The van der Waals surface area contributed by atoms with Crippen molar-refractivity contribution in [2.24, 2.45) is 5.92 Å². The Bertz CT molecular complexity index is 419. The Labute approximate surface area is 135 Å². The van der Waals surface area contributed by atoms with Crippen molar-refractivity contribution in [1.29, 1.82) is 0 Å². The fraction of sp³-hybridized carbons (Fsp3) is 0.944. The molecule has 0 radical (unpaired) electrons. The second-order valence-corrected chi connectivity index (χ2v) is 7.98. The number of likely N-dealkylation sites (tertiary alicyclic amines) is 1. The third-order valence-electron chi connectivity index (χ3n) is 5.67. The SMILES string of the molecule is CCN1CC2(CCCN(CCC(C)C)CC2)OC2(CC2)C1=O. The van der Waals surface area contributed by atoms with E-state index in [0.717, 1.165) is 51.2 Å². The van der Waals surface area contributed by atoms with Crippen LogP contribution in [-0.4, -0.2) is 59.6 Å². The van der Waals surface area contributed by atoms with Gasteiger partial charge in [-0.25, -0.2) is 0 Å². The van der Waals surface area contributed by atoms with E-state index >= 15 is 0 Å². The van der Waals surface area contributed by atoms with Gasteiger partial charge >= 0.3 is 0 Å². The van der Waals surface area contributed by atoms with Crippen molar-refractivity contribution < 1.29 is 9.53 Å². The van der Waals surface area contributed by atoms with Gasteiger partial charge in [-0.1, -0.05) is 13.8 Å². The van der Waals surface area contributed by atoms with Gasteiger partial charge in [0.1, 0.15) is 5.60 Å². The number of hydrogen-bond acceptors (Lipinski definition) is 3. The van der Waals surface area contributed by atoms with Crippen LogP contribution in [0.25, 0.3) is 0 Å². The van der Waals surface area contributed by atoms with Crippen LogP contribution in [0.1, 0.15) is 59.3 Å². The number of hydrogen-bond donors (Lipinski definition) is 0. The van der Waals surface area contributed by atoms with E-state index in [2.05, 4.69) is 30.6 Å². The molecule has 1 saturated carbocycles. The van der Waals surface area contributed by atoms with Gasteiger partial charge in [-0.2, -0.15) is 0 Å². The van der Waals surface area contributed by atoms with E-state index in [-0.39, 0.29) is 11.5 Å². The topological polar surface area (TPSA) is 32.8 Å². The number of morpholine rings is 1. The minimum atomic E-state index is -0.429. The Hall–Kier alpha value is -0.610. The highest BCUT2D eigenvalue weighted by atomic mass is 16.5. The number of nitrogens with zero attached hydrogens (tertiary/aromatic N) is 2. The van der Waals surface area contributed by atoms with Crippen molar-refractivity contribution in [3.63, 3.8) is 0 Å². The molecular formula is C18H32N2O2. The van der Waals surface area contributed by atoms with Crippen LogP contribution in [0.5, 0.6) is 0 Å². The first-order chi connectivity index (χ1) is 10.5. The molecule has 1 atom stereocenters. The van der Waals surface area contributed by atoms with Crippen molar-refractivity contribution in [2.75, 3.05) is 32.7 Å². The molecule has 126 valence electrons. The summed E-state index contributed by atoms with van der Waals surface area (Å²) in [6, 6.07) is 0. The summed E-state index contributed by atoms with van der Waals surface area (Å²) in [7, 11) is 0. The van der Waals surface area contributed by atoms with Crippen LogP contribution >= 0.6 is 0 Å². The zero-order valence-electron chi connectivity index (χ0n) is 14.6. The second-order valence-electron chi connectivity index (χ2n) is 7.98. The number of likely N-dealkylation sites (N-methyl/N-ethyl adjacent to an activating group) is 1. The number of ether oxygens (including phenoxy) is 1. The van der Waals surface area contributed by atoms with Crippen LogP contribution in [0.3, 0.4) is 0 Å². The average molecular weight is 308 g/mol. The summed E-state index contributed by atoms with van der Waals surface area (Å²) in [5, 5.41) is 0. The van der Waals surface area contributed by atoms with Gasteiger partial charge in [0.15, 0.2) is 0 Å². The van der Waals surface area contributed by atoms with E-state index in [1.54, 1.807) is 0 Å². The third-order valence-corrected chi connectivity index (χ3v) is 5.67. The van der Waals surface area contributed by atoms with Crippen molar-refractivity contribution in [3.05, 3.63) is 0 Å². The van der Waals surface area contributed by atoms with Crippen molar-refractivity contribution in [1.82, 2.24) is 9.80 Å². The number of carbonyl (C=O) groups is 1. The summed E-state index contributed by atoms with van der Waals surface area (Å²) in [5.74, 6) is 1.02. The predicted octanol–water partition coefficient (Wildman–Crippen LogP) is 2.67. The molecule has 4 heteroatoms. The molecule has 22 heavy (non-hydrogen) atoms. The van der Waals surface area contributed by atoms with E-state index in [9.17, 15) is 4.79 Å². The zero-order valence-corrected chi connectivity index (χ0v) is 14.6. The van der Waals surface area contributed by atoms with Gasteiger partial charge in [-0.3, -0.25) is 4.79 Å². The highest BCUT2D eigenvalue weighted by Gasteiger charge is 2.61. The Kier molecular flexibility index (Phi) is 4.52. The second kappa shape index (κ2) is 6.12. The molecule has 2 saturated heterocycles. The van der Waals surface area contributed by atoms with Crippen LogP contribution in [-0.2, 0) is 9.53 Å². The molecule has 3 aliphatic rings. The van der Waals surface area contributed by atoms with Gasteiger partial charge in [-0.15, -0.1) is 0 Å². The molecule has 0 bridgehead atoms. The summed E-state index contributed by atoms with van der Waals surface area (Å²) in [5.41, 5.74) is -0.506. The Morgan fingerprint density at radius 3 is 2.59 bits per heavy atom. The molecule has 0 aromatic rings. The van der Waals surface area contributed by atoms with Gasteiger partial charge in [0.25, 0.3) is 5.91 Å². The minimum absolute atomic E-state index is 0.0764. The highest BCUT2D eigenvalue weighted by molar-refractivity contribution is 5.89. The molecule has 1 unspecified atom stereocenters. The molecule has 1 amide bonds. The van der Waals surface area contributed by atoms with Crippen LogP contribution in [0.15, 0.2) is 0 Å². The van der Waals surface area contributed by atoms with E-state index < -0.39 is 5.60 Å². The van der Waals surface area contributed by atoms with Gasteiger partial charge < -0.3 is 14.5 Å². The molecule has 2 spiro atoms. The van der Waals surface area contributed by atoms with E-state index in [0.29, 0.717) is 0 Å². The summed E-state index contributed by atoms with van der Waals surface area (Å²) in [6.07, 6.45) is 6.52. The molecular weight excluding hydrogens is 276 g/mol. The molecule has 0 aromatic carbocycles. The first-order valence-corrected chi connectivity index (χ1v) is 9.20. The quantitative estimate of drug-likeness (QED) is 0.800. The van der Waals surface area contributed by atoms with Gasteiger partial charge in [-0.05, 0) is 64.5 Å². The Balaban J connectivity index is 1.65. The van der Waals surface area contributed by atoms with Gasteiger partial charge in [0, 0.05) is 19.6 Å². The first kappa shape index (κ1) is 16.3. The van der Waals surface area contributed by atoms with Crippen LogP contribution in [0, 0.1) is 5.92 Å². The minimum Gasteiger partial charge on any atom is -0.357 e. The highest BCUT2D eigenvalue weighted by Crippen LogP contribution is 2.49. The molecule has 2 heterocycles. The van der Waals surface area contributed by atoms with Crippen LogP contribution in [0.4, 0.5) is 0 Å². The lowest BCUT2D eigenvalue weighted by atomic mass is 9.91. The maximum Gasteiger partial charge on any atom is 0.254 e. The molecule has 4 nitrogen and oxygen atoms in total. The standard InChI is InChI=1S/C18H32N2O2/c1-4-20-14-17(22-18(8-9-18)16(20)21)7-5-11-19(13-10-17)12-6-15(2)3/h15H,4-14H2,1-3H3. The fourth-order valence-electron chi connectivity index (χ4n) is 4.03. The number of carbonyl (C=O) groups excluding carboxylic acids is 1. The normalized spacial score (nSPS) is 32.0. The maximum atomic E-state index is 12.5. The first-order valence-electron chi connectivity index (χ1n) is 9.20. The molecule has 3 fully saturated rings. The molecule has 0 N–H and O–H groups in total. The van der Waals surface area contributed by atoms with Crippen molar-refractivity contribution >= 4 is 5.91 Å². The van der Waals surface area contributed by atoms with E-state index in [1.807, 2.05) is 0 Å². The van der Waals surface area contributed by atoms with Crippen LogP contribution < -0.4 is 0 Å². The lowest BCUT2D eigenvalue weighted by Crippen LogP contribution is -2.60. The van der Waals surface area contributed by atoms with Crippen LogP contribution in [0.2, 0.25) is 0 Å². The Morgan fingerprint density at radius 2 is 1.95 bits per heavy atom. The molecule has 1 aliphatic carbocycles. The number of rotatable bonds is 4. The summed E-state index contributed by atoms with van der Waals surface area (Å²) in [6.45, 7) is 11.8. The lowest BCUT2D eigenvalue weighted by Gasteiger charge is -2.46. The molecule has 3 rings (SSSR count). The summed E-state index contributed by atoms with van der Waals surface area (Å²) >= 11 is 0. The Morgan fingerprint density at radius 1 is 1.18 bits per heavy atom. The largest absolute Gasteiger partial charge is 0.357 e. The van der Waals surface area contributed by atoms with Crippen molar-refractivity contribution in [2.45, 2.75) is 70.5 Å². The summed E-state index contributed by atoms with van der Waals surface area (Å²) in [4.78, 5) is 17.1. The lowest BCUT2D eigenvalue weighted by molar-refractivity contribution is -0.193. The molecule has 2 aliphatic heterocycles. The average Bonchev–Trinajstić information content (AvgIpc) is 3.27. The van der Waals surface area contributed by atoms with E-state index in [1.165, 1.54) is 25.9 Å². The zero-order chi connectivity index (χ0) is 15.8. The summed E-state index contributed by atoms with van der Waals surface area (Å²) < 4.78 is 6.49.